The highest BCUT2D eigenvalue weighted by Crippen LogP contribution is 2.22. The van der Waals surface area contributed by atoms with Crippen LogP contribution in [0.4, 0.5) is 4.79 Å². The van der Waals surface area contributed by atoms with E-state index in [1.807, 2.05) is 65.4 Å². The van der Waals surface area contributed by atoms with E-state index in [2.05, 4.69) is 10.3 Å². The molecule has 128 valence electrons. The van der Waals surface area contributed by atoms with Gasteiger partial charge >= 0.3 is 6.09 Å². The summed E-state index contributed by atoms with van der Waals surface area (Å²) in [5.74, 6) is 1.39. The smallest absolute Gasteiger partial charge is 0.405 e. The highest BCUT2D eigenvalue weighted by Gasteiger charge is 2.20. The molecule has 0 bridgehead atoms. The molecule has 3 rings (SSSR count). The lowest BCUT2D eigenvalue weighted by atomic mass is 10.1. The number of amides is 1. The van der Waals surface area contributed by atoms with Crippen molar-refractivity contribution < 1.29 is 14.6 Å². The fourth-order valence-corrected chi connectivity index (χ4v) is 2.74. The Kier molecular flexibility index (Phi) is 4.99. The van der Waals surface area contributed by atoms with Gasteiger partial charge in [-0.3, -0.25) is 0 Å². The Labute approximate surface area is 145 Å². The lowest BCUT2D eigenvalue weighted by Crippen LogP contribution is -2.30. The van der Waals surface area contributed by atoms with Crippen LogP contribution in [0.2, 0.25) is 0 Å². The predicted molar refractivity (Wildman–Crippen MR) is 94.2 cm³/mol. The quantitative estimate of drug-likeness (QED) is 0.722. The lowest BCUT2D eigenvalue weighted by molar-refractivity contribution is 0.189. The monoisotopic (exact) mass is 337 g/mol. The maximum absolute atomic E-state index is 11.3. The Balaban J connectivity index is 1.93. The molecular formula is C19H19N3O3. The SMILES string of the molecule is COc1ccc(-n2ccnc2C(Cc2ccccc2)NC(=O)O)cc1. The maximum atomic E-state index is 11.3. The summed E-state index contributed by atoms with van der Waals surface area (Å²) in [5, 5.41) is 11.8. The normalized spacial score (nSPS) is 11.7. The maximum Gasteiger partial charge on any atom is 0.405 e. The fraction of sp³-hybridized carbons (Fsp3) is 0.158. The molecule has 25 heavy (non-hydrogen) atoms. The molecule has 6 nitrogen and oxygen atoms in total. The minimum Gasteiger partial charge on any atom is -0.497 e. The third kappa shape index (κ3) is 3.98. The van der Waals surface area contributed by atoms with Gasteiger partial charge in [0.2, 0.25) is 0 Å². The summed E-state index contributed by atoms with van der Waals surface area (Å²) in [7, 11) is 1.62. The summed E-state index contributed by atoms with van der Waals surface area (Å²) in [6.45, 7) is 0. The zero-order chi connectivity index (χ0) is 17.6. The largest absolute Gasteiger partial charge is 0.497 e. The molecule has 0 radical (unpaired) electrons. The van der Waals surface area contributed by atoms with Gasteiger partial charge in [0.05, 0.1) is 13.2 Å². The van der Waals surface area contributed by atoms with Crippen LogP contribution >= 0.6 is 0 Å². The molecule has 0 spiro atoms. The van der Waals surface area contributed by atoms with Crippen LogP contribution in [0.25, 0.3) is 5.69 Å². The standard InChI is InChI=1S/C19H19N3O3/c1-25-16-9-7-15(8-10-16)22-12-11-20-18(22)17(21-19(23)24)13-14-5-3-2-4-6-14/h2-12,17,21H,13H2,1H3,(H,23,24). The van der Waals surface area contributed by atoms with Crippen molar-refractivity contribution in [1.29, 1.82) is 0 Å². The lowest BCUT2D eigenvalue weighted by Gasteiger charge is -2.18. The van der Waals surface area contributed by atoms with E-state index in [-0.39, 0.29) is 0 Å². The second-order valence-electron chi connectivity index (χ2n) is 5.55. The number of methoxy groups -OCH3 is 1. The minimum absolute atomic E-state index is 0.461. The van der Waals surface area contributed by atoms with Gasteiger partial charge < -0.3 is 19.7 Å². The first-order chi connectivity index (χ1) is 12.2. The van der Waals surface area contributed by atoms with Gasteiger partial charge in [0.25, 0.3) is 0 Å². The molecule has 2 aromatic carbocycles. The van der Waals surface area contributed by atoms with Gasteiger partial charge in [0, 0.05) is 24.5 Å². The fourth-order valence-electron chi connectivity index (χ4n) is 2.74. The summed E-state index contributed by atoms with van der Waals surface area (Å²) in [4.78, 5) is 15.7. The van der Waals surface area contributed by atoms with Crippen LogP contribution in [0.1, 0.15) is 17.4 Å². The van der Waals surface area contributed by atoms with E-state index < -0.39 is 12.1 Å². The van der Waals surface area contributed by atoms with Crippen LogP contribution in [-0.2, 0) is 6.42 Å². The van der Waals surface area contributed by atoms with Crippen LogP contribution in [0.5, 0.6) is 5.75 Å². The zero-order valence-electron chi connectivity index (χ0n) is 13.8. The average Bonchev–Trinajstić information content (AvgIpc) is 3.11. The molecule has 0 saturated carbocycles. The number of ether oxygens (including phenoxy) is 1. The molecule has 0 aliphatic heterocycles. The van der Waals surface area contributed by atoms with E-state index in [1.165, 1.54) is 0 Å². The van der Waals surface area contributed by atoms with Gasteiger partial charge in [-0.05, 0) is 29.8 Å². The number of rotatable bonds is 6. The van der Waals surface area contributed by atoms with Crippen molar-refractivity contribution in [2.75, 3.05) is 7.11 Å². The minimum atomic E-state index is -1.08. The van der Waals surface area contributed by atoms with Gasteiger partial charge in [-0.1, -0.05) is 30.3 Å². The highest BCUT2D eigenvalue weighted by atomic mass is 16.5. The molecular weight excluding hydrogens is 318 g/mol. The Morgan fingerprint density at radius 2 is 1.92 bits per heavy atom. The van der Waals surface area contributed by atoms with Gasteiger partial charge in [-0.2, -0.15) is 0 Å². The molecule has 1 atom stereocenters. The van der Waals surface area contributed by atoms with Gasteiger partial charge in [0.15, 0.2) is 0 Å². The molecule has 2 N–H and O–H groups in total. The first-order valence-corrected chi connectivity index (χ1v) is 7.88. The number of benzene rings is 2. The predicted octanol–water partition coefficient (Wildman–Crippen LogP) is 3.43. The molecule has 0 fully saturated rings. The van der Waals surface area contributed by atoms with E-state index in [1.54, 1.807) is 13.3 Å². The zero-order valence-corrected chi connectivity index (χ0v) is 13.8. The second-order valence-corrected chi connectivity index (χ2v) is 5.55. The van der Waals surface area contributed by atoms with Gasteiger partial charge in [-0.15, -0.1) is 0 Å². The number of carbonyl (C=O) groups is 1. The summed E-state index contributed by atoms with van der Waals surface area (Å²) in [6, 6.07) is 16.8. The number of aromatic nitrogens is 2. The molecule has 0 aliphatic rings. The van der Waals surface area contributed by atoms with Crippen molar-refractivity contribution >= 4 is 6.09 Å². The number of hydrogen-bond donors (Lipinski definition) is 2. The highest BCUT2D eigenvalue weighted by molar-refractivity contribution is 5.65. The summed E-state index contributed by atoms with van der Waals surface area (Å²) in [6.07, 6.45) is 2.92. The van der Waals surface area contributed by atoms with E-state index in [9.17, 15) is 9.90 Å². The van der Waals surface area contributed by atoms with Gasteiger partial charge in [0.1, 0.15) is 11.6 Å². The van der Waals surface area contributed by atoms with Crippen molar-refractivity contribution in [2.24, 2.45) is 0 Å². The van der Waals surface area contributed by atoms with Crippen LogP contribution < -0.4 is 10.1 Å². The van der Waals surface area contributed by atoms with E-state index in [0.29, 0.717) is 12.2 Å². The number of hydrogen-bond acceptors (Lipinski definition) is 3. The second kappa shape index (κ2) is 7.53. The van der Waals surface area contributed by atoms with Gasteiger partial charge in [-0.25, -0.2) is 9.78 Å². The molecule has 0 saturated heterocycles. The van der Waals surface area contributed by atoms with Crippen LogP contribution in [0.3, 0.4) is 0 Å². The molecule has 1 heterocycles. The van der Waals surface area contributed by atoms with E-state index in [0.717, 1.165) is 17.0 Å². The Morgan fingerprint density at radius 3 is 2.56 bits per heavy atom. The van der Waals surface area contributed by atoms with Crippen LogP contribution in [0, 0.1) is 0 Å². The van der Waals surface area contributed by atoms with Crippen LogP contribution in [0.15, 0.2) is 67.0 Å². The van der Waals surface area contributed by atoms with Crippen molar-refractivity contribution in [2.45, 2.75) is 12.5 Å². The van der Waals surface area contributed by atoms with Crippen molar-refractivity contribution in [1.82, 2.24) is 14.9 Å². The summed E-state index contributed by atoms with van der Waals surface area (Å²) < 4.78 is 7.06. The molecule has 1 unspecified atom stereocenters. The Morgan fingerprint density at radius 1 is 1.20 bits per heavy atom. The number of imidazole rings is 1. The summed E-state index contributed by atoms with van der Waals surface area (Å²) in [5.41, 5.74) is 1.92. The summed E-state index contributed by atoms with van der Waals surface area (Å²) >= 11 is 0. The number of nitrogens with zero attached hydrogens (tertiary/aromatic N) is 2. The van der Waals surface area contributed by atoms with Crippen molar-refractivity contribution in [3.8, 4) is 11.4 Å². The molecule has 0 aliphatic carbocycles. The molecule has 1 aromatic heterocycles. The first kappa shape index (κ1) is 16.6. The number of nitrogens with one attached hydrogen (secondary N) is 1. The molecule has 3 aromatic rings. The van der Waals surface area contributed by atoms with Crippen molar-refractivity contribution in [3.05, 3.63) is 78.4 Å². The third-order valence-corrected chi connectivity index (χ3v) is 3.91. The third-order valence-electron chi connectivity index (χ3n) is 3.91. The van der Waals surface area contributed by atoms with Crippen LogP contribution in [-0.4, -0.2) is 27.9 Å². The average molecular weight is 337 g/mol. The molecule has 1 amide bonds. The Hall–Kier alpha value is -3.28. The van der Waals surface area contributed by atoms with Crippen molar-refractivity contribution in [3.63, 3.8) is 0 Å². The van der Waals surface area contributed by atoms with E-state index in [4.69, 9.17) is 4.74 Å². The van der Waals surface area contributed by atoms with E-state index >= 15 is 0 Å². The Bertz CT molecular complexity index is 829. The molecule has 6 heteroatoms. The topological polar surface area (TPSA) is 76.4 Å². The first-order valence-electron chi connectivity index (χ1n) is 7.88. The number of carboxylic acid groups (broad SMARTS) is 1.